The maximum absolute atomic E-state index is 14.6. The average Bonchev–Trinajstić information content (AvgIpc) is 2.70. The van der Waals surface area contributed by atoms with E-state index in [-0.39, 0.29) is 41.3 Å². The van der Waals surface area contributed by atoms with Crippen LogP contribution in [0.1, 0.15) is 53.3 Å². The number of alkyl halides is 4. The van der Waals surface area contributed by atoms with Crippen LogP contribution in [0.4, 0.5) is 22.0 Å². The molecule has 1 amide bonds. The van der Waals surface area contributed by atoms with E-state index in [1.807, 2.05) is 0 Å². The van der Waals surface area contributed by atoms with Gasteiger partial charge in [0.1, 0.15) is 17.7 Å². The second kappa shape index (κ2) is 8.88. The number of halogens is 7. The molecule has 168 valence electrons. The highest BCUT2D eigenvalue weighted by molar-refractivity contribution is 6.33. The smallest absolute Gasteiger partial charge is 0.387 e. The lowest BCUT2D eigenvalue weighted by atomic mass is 9.76. The van der Waals surface area contributed by atoms with Crippen molar-refractivity contribution in [2.75, 3.05) is 0 Å². The molecular formula is C20H17Cl2F5N2O2. The highest BCUT2D eigenvalue weighted by Crippen LogP contribution is 2.41. The number of nitrogens with zero attached hydrogens (tertiary/aromatic N) is 1. The van der Waals surface area contributed by atoms with Crippen molar-refractivity contribution < 1.29 is 31.9 Å². The predicted molar refractivity (Wildman–Crippen MR) is 104 cm³/mol. The minimum absolute atomic E-state index is 0.0285. The quantitative estimate of drug-likeness (QED) is 0.552. The molecule has 0 spiro atoms. The summed E-state index contributed by atoms with van der Waals surface area (Å²) in [5, 5.41) is 13.3. The number of benzene rings is 1. The highest BCUT2D eigenvalue weighted by atomic mass is 35.5. The van der Waals surface area contributed by atoms with Crippen LogP contribution in [0.3, 0.4) is 0 Å². The van der Waals surface area contributed by atoms with Crippen molar-refractivity contribution >= 4 is 29.1 Å². The summed E-state index contributed by atoms with van der Waals surface area (Å²) >= 11 is 11.8. The molecule has 1 aromatic heterocycles. The van der Waals surface area contributed by atoms with E-state index >= 15 is 0 Å². The van der Waals surface area contributed by atoms with E-state index in [9.17, 15) is 31.9 Å². The molecule has 4 nitrogen and oxygen atoms in total. The Morgan fingerprint density at radius 1 is 1.23 bits per heavy atom. The van der Waals surface area contributed by atoms with Gasteiger partial charge in [0, 0.05) is 16.8 Å². The molecule has 3 rings (SSSR count). The van der Waals surface area contributed by atoms with Gasteiger partial charge in [0.25, 0.3) is 5.91 Å². The lowest BCUT2D eigenvalue weighted by Gasteiger charge is -2.40. The summed E-state index contributed by atoms with van der Waals surface area (Å²) < 4.78 is 67.2. The number of hydrogen-bond donors (Lipinski definition) is 2. The molecule has 1 aliphatic carbocycles. The van der Waals surface area contributed by atoms with Crippen LogP contribution >= 0.6 is 23.2 Å². The third-order valence-corrected chi connectivity index (χ3v) is 5.79. The third kappa shape index (κ3) is 5.27. The highest BCUT2D eigenvalue weighted by Gasteiger charge is 2.43. The molecule has 1 aromatic carbocycles. The summed E-state index contributed by atoms with van der Waals surface area (Å²) in [4.78, 5) is 16.0. The van der Waals surface area contributed by atoms with Gasteiger partial charge in [0.2, 0.25) is 0 Å². The zero-order valence-electron chi connectivity index (χ0n) is 15.8. The Hall–Kier alpha value is -1.97. The molecule has 1 atom stereocenters. The van der Waals surface area contributed by atoms with E-state index in [1.165, 1.54) is 12.1 Å². The lowest BCUT2D eigenvalue weighted by molar-refractivity contribution is -0.141. The van der Waals surface area contributed by atoms with Crippen LogP contribution in [0.5, 0.6) is 0 Å². The van der Waals surface area contributed by atoms with Gasteiger partial charge in [0.15, 0.2) is 0 Å². The maximum atomic E-state index is 14.6. The maximum Gasteiger partial charge on any atom is 0.433 e. The van der Waals surface area contributed by atoms with Gasteiger partial charge in [-0.25, -0.2) is 8.78 Å². The normalized spacial score (nSPS) is 22.8. The zero-order valence-corrected chi connectivity index (χ0v) is 17.3. The predicted octanol–water partition coefficient (Wildman–Crippen LogP) is 5.66. The number of carbonyl (C=O) groups excluding carboxylic acids is 1. The van der Waals surface area contributed by atoms with E-state index in [0.29, 0.717) is 12.3 Å². The van der Waals surface area contributed by atoms with Crippen LogP contribution in [-0.2, 0) is 6.18 Å². The lowest BCUT2D eigenvalue weighted by Crippen LogP contribution is -2.49. The average molecular weight is 483 g/mol. The monoisotopic (exact) mass is 482 g/mol. The topological polar surface area (TPSA) is 62.2 Å². The van der Waals surface area contributed by atoms with Gasteiger partial charge in [-0.1, -0.05) is 23.2 Å². The van der Waals surface area contributed by atoms with E-state index in [1.54, 1.807) is 0 Å². The number of amides is 1. The van der Waals surface area contributed by atoms with Crippen LogP contribution in [0, 0.1) is 5.82 Å². The SMILES string of the molecule is O=C(NC(c1cc(Cl)ccc1F)C1(O)CCC(F)CC1)c1cc(C(F)(F)F)ncc1Cl. The number of aromatic nitrogens is 1. The molecule has 2 aromatic rings. The number of aliphatic hydroxyl groups is 1. The van der Waals surface area contributed by atoms with Crippen molar-refractivity contribution in [3.8, 4) is 0 Å². The molecule has 0 bridgehead atoms. The summed E-state index contributed by atoms with van der Waals surface area (Å²) in [6, 6.07) is 2.53. The molecule has 1 unspecified atom stereocenters. The number of nitrogens with one attached hydrogen (secondary N) is 1. The Bertz CT molecular complexity index is 979. The molecule has 1 saturated carbocycles. The fraction of sp³-hybridized carbons (Fsp3) is 0.400. The summed E-state index contributed by atoms with van der Waals surface area (Å²) in [7, 11) is 0. The molecule has 1 heterocycles. The van der Waals surface area contributed by atoms with Gasteiger partial charge in [-0.2, -0.15) is 13.2 Å². The molecule has 1 fully saturated rings. The molecule has 2 N–H and O–H groups in total. The first-order valence-corrected chi connectivity index (χ1v) is 10.0. The molecular weight excluding hydrogens is 466 g/mol. The number of pyridine rings is 1. The molecule has 11 heteroatoms. The summed E-state index contributed by atoms with van der Waals surface area (Å²) in [6.07, 6.45) is -5.58. The number of carbonyl (C=O) groups is 1. The minimum Gasteiger partial charge on any atom is -0.387 e. The van der Waals surface area contributed by atoms with Crippen LogP contribution in [0.15, 0.2) is 30.5 Å². The van der Waals surface area contributed by atoms with E-state index < -0.39 is 47.0 Å². The van der Waals surface area contributed by atoms with Crippen LogP contribution in [0.25, 0.3) is 0 Å². The fourth-order valence-electron chi connectivity index (χ4n) is 3.59. The van der Waals surface area contributed by atoms with Gasteiger partial charge >= 0.3 is 6.18 Å². The van der Waals surface area contributed by atoms with Crippen molar-refractivity contribution in [3.63, 3.8) is 0 Å². The van der Waals surface area contributed by atoms with E-state index in [4.69, 9.17) is 23.2 Å². The van der Waals surface area contributed by atoms with Gasteiger partial charge < -0.3 is 10.4 Å². The first-order valence-electron chi connectivity index (χ1n) is 9.26. The Labute approximate surface area is 184 Å². The second-order valence-electron chi connectivity index (χ2n) is 7.40. The molecule has 1 aliphatic rings. The molecule has 0 aliphatic heterocycles. The van der Waals surface area contributed by atoms with Crippen molar-refractivity contribution in [1.82, 2.24) is 10.3 Å². The van der Waals surface area contributed by atoms with Crippen LogP contribution < -0.4 is 5.32 Å². The van der Waals surface area contributed by atoms with Crippen molar-refractivity contribution in [3.05, 3.63) is 63.1 Å². The Kier molecular flexibility index (Phi) is 6.78. The largest absolute Gasteiger partial charge is 0.433 e. The van der Waals surface area contributed by atoms with Gasteiger partial charge in [-0.05, 0) is 49.9 Å². The fourth-order valence-corrected chi connectivity index (χ4v) is 3.95. The molecule has 31 heavy (non-hydrogen) atoms. The van der Waals surface area contributed by atoms with Crippen molar-refractivity contribution in [2.45, 2.75) is 49.7 Å². The summed E-state index contributed by atoms with van der Waals surface area (Å²) in [6.45, 7) is 0. The molecule has 0 saturated heterocycles. The Morgan fingerprint density at radius 2 is 1.87 bits per heavy atom. The first-order chi connectivity index (χ1) is 14.4. The minimum atomic E-state index is -4.82. The Balaban J connectivity index is 2.01. The summed E-state index contributed by atoms with van der Waals surface area (Å²) in [5.74, 6) is -1.89. The number of rotatable bonds is 4. The Morgan fingerprint density at radius 3 is 2.48 bits per heavy atom. The van der Waals surface area contributed by atoms with E-state index in [0.717, 1.165) is 6.07 Å². The van der Waals surface area contributed by atoms with Crippen molar-refractivity contribution in [1.29, 1.82) is 0 Å². The van der Waals surface area contributed by atoms with Crippen molar-refractivity contribution in [2.24, 2.45) is 0 Å². The third-order valence-electron chi connectivity index (χ3n) is 5.25. The second-order valence-corrected chi connectivity index (χ2v) is 8.24. The van der Waals surface area contributed by atoms with Gasteiger partial charge in [-0.3, -0.25) is 9.78 Å². The molecule has 0 radical (unpaired) electrons. The zero-order chi connectivity index (χ0) is 23.0. The first kappa shape index (κ1) is 23.7. The van der Waals surface area contributed by atoms with E-state index in [2.05, 4.69) is 10.3 Å². The van der Waals surface area contributed by atoms with Gasteiger partial charge in [-0.15, -0.1) is 0 Å². The summed E-state index contributed by atoms with van der Waals surface area (Å²) in [5.41, 5.74) is -3.83. The van der Waals surface area contributed by atoms with Gasteiger partial charge in [0.05, 0.1) is 22.2 Å². The van der Waals surface area contributed by atoms with Crippen LogP contribution in [0.2, 0.25) is 10.0 Å². The van der Waals surface area contributed by atoms with Crippen LogP contribution in [-0.4, -0.2) is 27.8 Å². The standard InChI is InChI=1S/C20H17Cl2F5N2O2/c21-10-1-2-15(24)13(7-10)17(19(31)5-3-11(23)4-6-19)29-18(30)12-8-16(20(25,26)27)28-9-14(12)22/h1-2,7-9,11,17,31H,3-6H2,(H,29,30). The number of hydrogen-bond acceptors (Lipinski definition) is 3.